The first-order valence-corrected chi connectivity index (χ1v) is 10.3. The van der Waals surface area contributed by atoms with Gasteiger partial charge in [0.1, 0.15) is 23.3 Å². The topological polar surface area (TPSA) is 74.3 Å². The number of fused-ring (bicyclic) bond motifs is 1. The number of aromatic nitrogens is 7. The first-order valence-electron chi connectivity index (χ1n) is 10.3. The second-order valence-corrected chi connectivity index (χ2v) is 8.37. The van der Waals surface area contributed by atoms with Gasteiger partial charge in [-0.2, -0.15) is 4.68 Å². The van der Waals surface area contributed by atoms with Gasteiger partial charge in [-0.25, -0.2) is 19.9 Å². The Balaban J connectivity index is 1.39. The molecule has 3 heterocycles. The summed E-state index contributed by atoms with van der Waals surface area (Å²) in [5, 5.41) is 4.54. The lowest BCUT2D eigenvalue weighted by molar-refractivity contribution is 0.755. The number of aryl methyl sites for hydroxylation is 3. The minimum Gasteiger partial charge on any atom is -0.331 e. The molecule has 0 radical (unpaired) electrons. The third-order valence-electron chi connectivity index (χ3n) is 6.11. The van der Waals surface area contributed by atoms with Crippen LogP contribution >= 0.6 is 0 Å². The minimum atomic E-state index is 0.384. The second kappa shape index (κ2) is 5.95. The van der Waals surface area contributed by atoms with E-state index in [0.29, 0.717) is 17.8 Å². The molecule has 0 unspecified atom stereocenters. The van der Waals surface area contributed by atoms with Crippen LogP contribution in [-0.2, 0) is 7.05 Å². The summed E-state index contributed by atoms with van der Waals surface area (Å²) in [6, 6.07) is 10.4. The summed E-state index contributed by atoms with van der Waals surface area (Å²) >= 11 is 0. The molecule has 7 heteroatoms. The van der Waals surface area contributed by atoms with Crippen LogP contribution in [-0.4, -0.2) is 34.3 Å². The van der Waals surface area contributed by atoms with Crippen LogP contribution in [0.5, 0.6) is 0 Å². The average molecular weight is 385 g/mol. The van der Waals surface area contributed by atoms with Crippen molar-refractivity contribution in [1.29, 1.82) is 0 Å². The van der Waals surface area contributed by atoms with E-state index in [2.05, 4.69) is 46.0 Å². The smallest absolute Gasteiger partial charge is 0.159 e. The Bertz CT molecular complexity index is 1250. The van der Waals surface area contributed by atoms with Crippen molar-refractivity contribution in [1.82, 2.24) is 34.3 Å². The predicted octanol–water partition coefficient (Wildman–Crippen LogP) is 3.71. The monoisotopic (exact) mass is 385 g/mol. The fourth-order valence-electron chi connectivity index (χ4n) is 4.34. The van der Waals surface area contributed by atoms with Gasteiger partial charge in [0.15, 0.2) is 5.82 Å². The number of para-hydroxylation sites is 2. The van der Waals surface area contributed by atoms with Crippen molar-refractivity contribution in [3.05, 3.63) is 59.3 Å². The summed E-state index contributed by atoms with van der Waals surface area (Å²) in [4.78, 5) is 19.2. The van der Waals surface area contributed by atoms with Gasteiger partial charge < -0.3 is 4.57 Å². The molecule has 0 saturated heterocycles. The molecule has 1 aromatic carbocycles. The third-order valence-corrected chi connectivity index (χ3v) is 6.11. The zero-order valence-electron chi connectivity index (χ0n) is 16.9. The van der Waals surface area contributed by atoms with Crippen LogP contribution in [0.2, 0.25) is 0 Å². The molecule has 0 aliphatic heterocycles. The van der Waals surface area contributed by atoms with E-state index in [1.807, 2.05) is 24.6 Å². The van der Waals surface area contributed by atoms with Crippen LogP contribution in [0.3, 0.4) is 0 Å². The number of rotatable bonds is 4. The number of nitrogens with zero attached hydrogens (tertiary/aromatic N) is 7. The molecule has 2 fully saturated rings. The molecule has 2 aliphatic rings. The average Bonchev–Trinajstić information content (AvgIpc) is 3.63. The van der Waals surface area contributed by atoms with Crippen molar-refractivity contribution in [3.8, 4) is 5.82 Å². The lowest BCUT2D eigenvalue weighted by atomic mass is 10.2. The Hall–Kier alpha value is -3.09. The Morgan fingerprint density at radius 3 is 2.52 bits per heavy atom. The zero-order valence-corrected chi connectivity index (χ0v) is 16.9. The number of benzene rings is 1. The quantitative estimate of drug-likeness (QED) is 0.535. The van der Waals surface area contributed by atoms with Crippen LogP contribution < -0.4 is 0 Å². The van der Waals surface area contributed by atoms with Crippen LogP contribution in [0.4, 0.5) is 0 Å². The van der Waals surface area contributed by atoms with E-state index in [4.69, 9.17) is 15.0 Å². The van der Waals surface area contributed by atoms with Gasteiger partial charge in [-0.15, -0.1) is 5.10 Å². The Kier molecular flexibility index (Phi) is 3.45. The SMILES string of the molecule is Cc1nc(C)n(-c2cc([C@@H]3C[C@H]3c3nc4ccccc4n3C)nc(C3CC3)n2)n1. The maximum absolute atomic E-state index is 4.97. The highest BCUT2D eigenvalue weighted by Gasteiger charge is 2.44. The summed E-state index contributed by atoms with van der Waals surface area (Å²) in [5.41, 5.74) is 3.36. The maximum atomic E-state index is 4.97. The number of hydrogen-bond acceptors (Lipinski definition) is 5. The van der Waals surface area contributed by atoms with Gasteiger partial charge >= 0.3 is 0 Å². The molecule has 29 heavy (non-hydrogen) atoms. The van der Waals surface area contributed by atoms with E-state index in [9.17, 15) is 0 Å². The highest BCUT2D eigenvalue weighted by molar-refractivity contribution is 5.76. The molecule has 6 rings (SSSR count). The van der Waals surface area contributed by atoms with Gasteiger partial charge in [-0.3, -0.25) is 0 Å². The molecular weight excluding hydrogens is 362 g/mol. The second-order valence-electron chi connectivity index (χ2n) is 8.37. The zero-order chi connectivity index (χ0) is 19.7. The van der Waals surface area contributed by atoms with E-state index < -0.39 is 0 Å². The Labute approximate surface area is 168 Å². The minimum absolute atomic E-state index is 0.384. The van der Waals surface area contributed by atoms with Crippen molar-refractivity contribution in [2.24, 2.45) is 7.05 Å². The van der Waals surface area contributed by atoms with E-state index >= 15 is 0 Å². The van der Waals surface area contributed by atoms with Gasteiger partial charge in [-0.1, -0.05) is 12.1 Å². The van der Waals surface area contributed by atoms with E-state index in [1.54, 1.807) is 0 Å². The molecule has 7 nitrogen and oxygen atoms in total. The Morgan fingerprint density at radius 1 is 0.966 bits per heavy atom. The summed E-state index contributed by atoms with van der Waals surface area (Å²) in [6.45, 7) is 3.88. The third kappa shape index (κ3) is 2.75. The molecule has 0 spiro atoms. The van der Waals surface area contributed by atoms with Crippen LogP contribution in [0, 0.1) is 13.8 Å². The van der Waals surface area contributed by atoms with Crippen LogP contribution in [0.15, 0.2) is 30.3 Å². The molecule has 2 saturated carbocycles. The summed E-state index contributed by atoms with van der Waals surface area (Å²) in [5.74, 6) is 5.85. The van der Waals surface area contributed by atoms with Gasteiger partial charge in [0.25, 0.3) is 0 Å². The molecular formula is C22H23N7. The fourth-order valence-corrected chi connectivity index (χ4v) is 4.34. The lowest BCUT2D eigenvalue weighted by Crippen LogP contribution is -2.08. The molecule has 0 amide bonds. The Morgan fingerprint density at radius 2 is 1.79 bits per heavy atom. The van der Waals surface area contributed by atoms with Gasteiger partial charge in [0.2, 0.25) is 0 Å². The van der Waals surface area contributed by atoms with Gasteiger partial charge in [-0.05, 0) is 45.2 Å². The van der Waals surface area contributed by atoms with Crippen molar-refractivity contribution >= 4 is 11.0 Å². The van der Waals surface area contributed by atoms with Gasteiger partial charge in [0.05, 0.1) is 16.7 Å². The van der Waals surface area contributed by atoms with E-state index in [0.717, 1.165) is 46.7 Å². The molecule has 0 bridgehead atoms. The molecule has 3 aromatic heterocycles. The molecule has 2 aliphatic carbocycles. The molecule has 4 aromatic rings. The van der Waals surface area contributed by atoms with Crippen molar-refractivity contribution in [2.75, 3.05) is 0 Å². The highest BCUT2D eigenvalue weighted by atomic mass is 15.4. The normalized spacial score (nSPS) is 21.1. The van der Waals surface area contributed by atoms with Crippen molar-refractivity contribution in [3.63, 3.8) is 0 Å². The molecule has 146 valence electrons. The summed E-state index contributed by atoms with van der Waals surface area (Å²) < 4.78 is 4.08. The largest absolute Gasteiger partial charge is 0.331 e. The number of hydrogen-bond donors (Lipinski definition) is 0. The van der Waals surface area contributed by atoms with E-state index in [1.165, 1.54) is 18.4 Å². The molecule has 2 atom stereocenters. The molecule has 0 N–H and O–H groups in total. The standard InChI is InChI=1S/C22H23N7/c1-12-23-13(2)29(27-12)20-11-18(24-21(26-20)14-8-9-14)15-10-16(15)22-25-17-6-4-5-7-19(17)28(22)3/h4-7,11,14-16H,8-10H2,1-3H3/t15-,16-/m1/s1. The highest BCUT2D eigenvalue weighted by Crippen LogP contribution is 2.54. The number of imidazole rings is 1. The van der Waals surface area contributed by atoms with Gasteiger partial charge in [0, 0.05) is 30.9 Å². The first-order chi connectivity index (χ1) is 14.1. The summed E-state index contributed by atoms with van der Waals surface area (Å²) in [6.07, 6.45) is 3.43. The van der Waals surface area contributed by atoms with Crippen LogP contribution in [0.1, 0.15) is 66.0 Å². The first kappa shape index (κ1) is 16.8. The van der Waals surface area contributed by atoms with Crippen LogP contribution in [0.25, 0.3) is 16.9 Å². The van der Waals surface area contributed by atoms with Crippen molar-refractivity contribution in [2.45, 2.75) is 50.9 Å². The van der Waals surface area contributed by atoms with Crippen molar-refractivity contribution < 1.29 is 0 Å². The predicted molar refractivity (Wildman–Crippen MR) is 109 cm³/mol. The fraction of sp³-hybridized carbons (Fsp3) is 0.409. The maximum Gasteiger partial charge on any atom is 0.159 e. The lowest BCUT2D eigenvalue weighted by Gasteiger charge is -2.09. The van der Waals surface area contributed by atoms with E-state index in [-0.39, 0.29) is 0 Å². The summed E-state index contributed by atoms with van der Waals surface area (Å²) in [7, 11) is 2.11.